The zero-order valence-corrected chi connectivity index (χ0v) is 13.7. The van der Waals surface area contributed by atoms with E-state index in [0.29, 0.717) is 31.2 Å². The molecule has 2 aliphatic rings. The molecule has 1 aromatic heterocycles. The number of amides is 2. The molecule has 8 heteroatoms. The average molecular weight is 348 g/mol. The van der Waals surface area contributed by atoms with Crippen LogP contribution in [0.1, 0.15) is 34.3 Å². The van der Waals surface area contributed by atoms with Crippen molar-refractivity contribution in [3.63, 3.8) is 0 Å². The highest BCUT2D eigenvalue weighted by Gasteiger charge is 2.27. The lowest BCUT2D eigenvalue weighted by Crippen LogP contribution is -2.47. The van der Waals surface area contributed by atoms with Crippen molar-refractivity contribution < 1.29 is 13.9 Å². The normalized spacial score (nSPS) is 19.3. The van der Waals surface area contributed by atoms with Gasteiger partial charge in [-0.25, -0.2) is 9.18 Å². The highest BCUT2D eigenvalue weighted by Crippen LogP contribution is 2.41. The van der Waals surface area contributed by atoms with Crippen molar-refractivity contribution >= 4 is 17.4 Å². The third-order valence-corrected chi connectivity index (χ3v) is 5.16. The minimum atomic E-state index is -0.301. The predicted molar refractivity (Wildman–Crippen MR) is 86.6 cm³/mol. The van der Waals surface area contributed by atoms with E-state index in [1.54, 1.807) is 17.4 Å². The Bertz CT molecular complexity index is 762. The Labute approximate surface area is 142 Å². The van der Waals surface area contributed by atoms with Crippen molar-refractivity contribution in [2.45, 2.75) is 37.8 Å². The second kappa shape index (κ2) is 6.35. The van der Waals surface area contributed by atoms with Crippen molar-refractivity contribution in [1.82, 2.24) is 20.8 Å². The van der Waals surface area contributed by atoms with Gasteiger partial charge in [-0.2, -0.15) is 0 Å². The van der Waals surface area contributed by atoms with Crippen LogP contribution in [0.25, 0.3) is 0 Å². The van der Waals surface area contributed by atoms with Crippen LogP contribution in [0.4, 0.5) is 9.18 Å². The molecule has 2 N–H and O–H groups in total. The quantitative estimate of drug-likeness (QED) is 0.889. The zero-order valence-electron chi connectivity index (χ0n) is 12.9. The summed E-state index contributed by atoms with van der Waals surface area (Å²) in [6.45, 7) is 0.728. The maximum atomic E-state index is 13.3. The highest BCUT2D eigenvalue weighted by atomic mass is 32.1. The monoisotopic (exact) mass is 348 g/mol. The molecule has 4 rings (SSSR count). The third kappa shape index (κ3) is 3.48. The number of halogens is 1. The summed E-state index contributed by atoms with van der Waals surface area (Å²) in [6, 6.07) is 3.97. The number of aromatic nitrogens is 2. The largest absolute Gasteiger partial charge is 0.491 e. The van der Waals surface area contributed by atoms with Gasteiger partial charge >= 0.3 is 6.03 Å². The fraction of sp³-hybridized carbons (Fsp3) is 0.438. The molecule has 1 saturated carbocycles. The first-order valence-corrected chi connectivity index (χ1v) is 8.77. The van der Waals surface area contributed by atoms with Gasteiger partial charge in [0.05, 0.1) is 12.6 Å². The van der Waals surface area contributed by atoms with Gasteiger partial charge in [0.15, 0.2) is 0 Å². The topological polar surface area (TPSA) is 76.1 Å². The molecule has 0 saturated heterocycles. The number of nitrogens with one attached hydrogen (secondary N) is 2. The van der Waals surface area contributed by atoms with Gasteiger partial charge in [-0.3, -0.25) is 0 Å². The Morgan fingerprint density at radius 1 is 1.38 bits per heavy atom. The van der Waals surface area contributed by atoms with Crippen molar-refractivity contribution in [2.24, 2.45) is 0 Å². The van der Waals surface area contributed by atoms with Crippen molar-refractivity contribution in [3.8, 4) is 5.75 Å². The standard InChI is InChI=1S/C16H17FN4O2S/c17-11-3-4-13-10(5-11)6-12(8-23-13)19-16(22)18-7-14-20-21-15(24-14)9-1-2-9/h3-5,9,12H,1-2,6-8H2,(H2,18,19,22). The lowest BCUT2D eigenvalue weighted by Gasteiger charge is -2.26. The molecule has 6 nitrogen and oxygen atoms in total. The predicted octanol–water partition coefficient (Wildman–Crippen LogP) is 2.36. The summed E-state index contributed by atoms with van der Waals surface area (Å²) in [4.78, 5) is 12.0. The fourth-order valence-corrected chi connectivity index (χ4v) is 3.63. The molecule has 2 amide bonds. The van der Waals surface area contributed by atoms with E-state index in [-0.39, 0.29) is 17.9 Å². The van der Waals surface area contributed by atoms with Crippen LogP contribution in [-0.4, -0.2) is 28.9 Å². The van der Waals surface area contributed by atoms with E-state index in [1.165, 1.54) is 25.0 Å². The molecule has 2 heterocycles. The SMILES string of the molecule is O=C(NCc1nnc(C2CC2)s1)NC1COc2ccc(F)cc2C1. The molecule has 0 bridgehead atoms. The van der Waals surface area contributed by atoms with Gasteiger partial charge in [0, 0.05) is 5.92 Å². The lowest BCUT2D eigenvalue weighted by atomic mass is 10.0. The lowest BCUT2D eigenvalue weighted by molar-refractivity contribution is 0.214. The summed E-state index contributed by atoms with van der Waals surface area (Å²) in [5.74, 6) is 0.950. The summed E-state index contributed by atoms with van der Waals surface area (Å²) in [6.07, 6.45) is 2.92. The van der Waals surface area contributed by atoms with Crippen LogP contribution < -0.4 is 15.4 Å². The van der Waals surface area contributed by atoms with Gasteiger partial charge in [0.25, 0.3) is 0 Å². The van der Waals surface area contributed by atoms with Crippen LogP contribution >= 0.6 is 11.3 Å². The number of carbonyl (C=O) groups is 1. The van der Waals surface area contributed by atoms with Crippen LogP contribution in [-0.2, 0) is 13.0 Å². The minimum absolute atomic E-state index is 0.184. The van der Waals surface area contributed by atoms with Gasteiger partial charge in [-0.15, -0.1) is 10.2 Å². The Balaban J connectivity index is 1.28. The molecule has 1 fully saturated rings. The molecule has 0 radical (unpaired) electrons. The molecule has 24 heavy (non-hydrogen) atoms. The zero-order chi connectivity index (χ0) is 16.5. The second-order valence-electron chi connectivity index (χ2n) is 6.10. The number of nitrogens with zero attached hydrogens (tertiary/aromatic N) is 2. The first kappa shape index (κ1) is 15.3. The summed E-state index contributed by atoms with van der Waals surface area (Å²) < 4.78 is 18.9. The number of benzene rings is 1. The Morgan fingerprint density at radius 2 is 2.25 bits per heavy atom. The number of urea groups is 1. The van der Waals surface area contributed by atoms with E-state index in [2.05, 4.69) is 20.8 Å². The summed E-state index contributed by atoms with van der Waals surface area (Å²) in [5, 5.41) is 15.7. The van der Waals surface area contributed by atoms with Gasteiger partial charge in [-0.1, -0.05) is 11.3 Å². The van der Waals surface area contributed by atoms with Crippen LogP contribution in [0, 0.1) is 5.82 Å². The maximum Gasteiger partial charge on any atom is 0.315 e. The van der Waals surface area contributed by atoms with E-state index in [4.69, 9.17) is 4.74 Å². The van der Waals surface area contributed by atoms with Gasteiger partial charge in [0.1, 0.15) is 28.2 Å². The fourth-order valence-electron chi connectivity index (χ4n) is 2.68. The first-order valence-electron chi connectivity index (χ1n) is 7.95. The number of rotatable bonds is 4. The summed E-state index contributed by atoms with van der Waals surface area (Å²) in [5.41, 5.74) is 0.768. The average Bonchev–Trinajstić information content (AvgIpc) is 3.31. The smallest absolute Gasteiger partial charge is 0.315 e. The van der Waals surface area contributed by atoms with E-state index < -0.39 is 0 Å². The van der Waals surface area contributed by atoms with Crippen LogP contribution in [0.15, 0.2) is 18.2 Å². The molecule has 0 spiro atoms. The molecule has 1 aliphatic carbocycles. The summed E-state index contributed by atoms with van der Waals surface area (Å²) >= 11 is 1.55. The highest BCUT2D eigenvalue weighted by molar-refractivity contribution is 7.11. The van der Waals surface area contributed by atoms with Crippen molar-refractivity contribution in [3.05, 3.63) is 39.6 Å². The van der Waals surface area contributed by atoms with E-state index in [9.17, 15) is 9.18 Å². The molecule has 1 aliphatic heterocycles. The van der Waals surface area contributed by atoms with Gasteiger partial charge < -0.3 is 15.4 Å². The minimum Gasteiger partial charge on any atom is -0.491 e. The molecule has 126 valence electrons. The van der Waals surface area contributed by atoms with Crippen LogP contribution in [0.3, 0.4) is 0 Å². The Hall–Kier alpha value is -2.22. The van der Waals surface area contributed by atoms with Crippen molar-refractivity contribution in [1.29, 1.82) is 0 Å². The maximum absolute atomic E-state index is 13.3. The van der Waals surface area contributed by atoms with E-state index in [0.717, 1.165) is 15.6 Å². The molecule has 1 atom stereocenters. The molecular weight excluding hydrogens is 331 g/mol. The molecule has 1 aromatic carbocycles. The third-order valence-electron chi connectivity index (χ3n) is 4.07. The second-order valence-corrected chi connectivity index (χ2v) is 7.19. The molecular formula is C16H17FN4O2S. The summed E-state index contributed by atoms with van der Waals surface area (Å²) in [7, 11) is 0. The van der Waals surface area contributed by atoms with Gasteiger partial charge in [-0.05, 0) is 43.0 Å². The van der Waals surface area contributed by atoms with E-state index >= 15 is 0 Å². The number of carbonyl (C=O) groups excluding carboxylic acids is 1. The number of ether oxygens (including phenoxy) is 1. The van der Waals surface area contributed by atoms with E-state index in [1.807, 2.05) is 0 Å². The Kier molecular flexibility index (Phi) is 4.05. The van der Waals surface area contributed by atoms with Crippen LogP contribution in [0.2, 0.25) is 0 Å². The Morgan fingerprint density at radius 3 is 3.08 bits per heavy atom. The molecule has 1 unspecified atom stereocenters. The number of hydrogen-bond acceptors (Lipinski definition) is 5. The first-order chi connectivity index (χ1) is 11.7. The van der Waals surface area contributed by atoms with Crippen molar-refractivity contribution in [2.75, 3.05) is 6.61 Å². The number of fused-ring (bicyclic) bond motifs is 1. The number of hydrogen-bond donors (Lipinski definition) is 2. The molecule has 2 aromatic rings. The van der Waals surface area contributed by atoms with Gasteiger partial charge in [0.2, 0.25) is 0 Å². The van der Waals surface area contributed by atoms with Crippen LogP contribution in [0.5, 0.6) is 5.75 Å².